The monoisotopic (exact) mass is 447 g/mol. The Hall–Kier alpha value is -4.27. The minimum absolute atomic E-state index is 0.255. The fraction of sp³-hybridized carbons (Fsp3) is 0.167. The first-order valence-electron chi connectivity index (χ1n) is 10.2. The Bertz CT molecular complexity index is 1330. The molecule has 1 aliphatic heterocycles. The lowest BCUT2D eigenvalue weighted by molar-refractivity contribution is -0.113. The molecule has 4 rings (SSSR count). The van der Waals surface area contributed by atoms with Gasteiger partial charge in [-0.2, -0.15) is 5.10 Å². The molecule has 0 saturated heterocycles. The van der Waals surface area contributed by atoms with E-state index in [9.17, 15) is 18.8 Å². The number of nitrogens with one attached hydrogen (secondary N) is 2. The molecule has 1 aromatic heterocycles. The second-order valence-electron chi connectivity index (χ2n) is 7.79. The van der Waals surface area contributed by atoms with Gasteiger partial charge in [-0.25, -0.2) is 13.9 Å². The minimum Gasteiger partial charge on any atom is -0.327 e. The van der Waals surface area contributed by atoms with Gasteiger partial charge in [0, 0.05) is 32.2 Å². The van der Waals surface area contributed by atoms with Crippen LogP contribution in [0.3, 0.4) is 0 Å². The number of urea groups is 1. The molecule has 9 heteroatoms. The van der Waals surface area contributed by atoms with Crippen LogP contribution in [0.5, 0.6) is 0 Å². The maximum Gasteiger partial charge on any atom is 0.321 e. The highest BCUT2D eigenvalue weighted by molar-refractivity contribution is 6.06. The van der Waals surface area contributed by atoms with Gasteiger partial charge in [0.25, 0.3) is 11.5 Å². The molecule has 2 heterocycles. The maximum atomic E-state index is 13.4. The second-order valence-corrected chi connectivity index (χ2v) is 7.79. The Labute approximate surface area is 189 Å². The van der Waals surface area contributed by atoms with Gasteiger partial charge in [0.2, 0.25) is 0 Å². The summed E-state index contributed by atoms with van der Waals surface area (Å²) in [6.45, 7) is 1.84. The van der Waals surface area contributed by atoms with Crippen LogP contribution < -0.4 is 16.2 Å². The second kappa shape index (κ2) is 8.70. The van der Waals surface area contributed by atoms with Crippen molar-refractivity contribution in [2.45, 2.75) is 13.0 Å². The summed E-state index contributed by atoms with van der Waals surface area (Å²) in [5, 5.41) is 9.59. The molecule has 3 aromatic rings. The smallest absolute Gasteiger partial charge is 0.321 e. The van der Waals surface area contributed by atoms with Crippen LogP contribution in [0.4, 0.5) is 14.9 Å². The van der Waals surface area contributed by atoms with Gasteiger partial charge in [0.1, 0.15) is 5.82 Å². The molecule has 168 valence electrons. The third-order valence-electron chi connectivity index (χ3n) is 5.50. The van der Waals surface area contributed by atoms with Gasteiger partial charge >= 0.3 is 6.03 Å². The van der Waals surface area contributed by atoms with Gasteiger partial charge in [0.15, 0.2) is 0 Å². The van der Waals surface area contributed by atoms with Crippen LogP contribution in [-0.4, -0.2) is 33.7 Å². The van der Waals surface area contributed by atoms with Crippen molar-refractivity contribution in [1.29, 1.82) is 0 Å². The number of carbonyl (C=O) groups excluding carboxylic acids is 2. The first-order chi connectivity index (χ1) is 15.7. The predicted octanol–water partition coefficient (Wildman–Crippen LogP) is 3.11. The number of halogens is 1. The largest absolute Gasteiger partial charge is 0.327 e. The van der Waals surface area contributed by atoms with E-state index in [1.807, 2.05) is 13.0 Å². The molecular weight excluding hydrogens is 425 g/mol. The lowest BCUT2D eigenvalue weighted by atomic mass is 9.96. The highest BCUT2D eigenvalue weighted by atomic mass is 19.1. The van der Waals surface area contributed by atoms with E-state index in [4.69, 9.17) is 0 Å². The van der Waals surface area contributed by atoms with Crippen LogP contribution >= 0.6 is 0 Å². The number of aromatic nitrogens is 2. The van der Waals surface area contributed by atoms with Crippen molar-refractivity contribution in [3.8, 4) is 11.1 Å². The molecule has 3 amide bonds. The standard InChI is InChI=1S/C24H22FN5O3/c1-14-4-5-16(18-10-11-26-30(3)23(18)32)12-20(14)27-22(31)19-13-29(2)24(33)28-21(19)15-6-8-17(25)9-7-15/h4-13,21H,1-3H3,(H,27,31)(H,28,33)/t21-/m0/s1. The van der Waals surface area contributed by atoms with Crippen molar-refractivity contribution in [3.63, 3.8) is 0 Å². The van der Waals surface area contributed by atoms with Crippen LogP contribution in [0.25, 0.3) is 11.1 Å². The average molecular weight is 447 g/mol. The van der Waals surface area contributed by atoms with Crippen molar-refractivity contribution in [1.82, 2.24) is 20.0 Å². The van der Waals surface area contributed by atoms with Crippen LogP contribution in [0.2, 0.25) is 0 Å². The Morgan fingerprint density at radius 3 is 2.55 bits per heavy atom. The number of hydrogen-bond donors (Lipinski definition) is 2. The van der Waals surface area contributed by atoms with Gasteiger partial charge in [-0.15, -0.1) is 0 Å². The summed E-state index contributed by atoms with van der Waals surface area (Å²) in [6.07, 6.45) is 2.99. The molecule has 1 aliphatic rings. The highest BCUT2D eigenvalue weighted by Gasteiger charge is 2.30. The minimum atomic E-state index is -0.745. The number of amides is 3. The summed E-state index contributed by atoms with van der Waals surface area (Å²) in [5.74, 6) is -0.846. The number of aryl methyl sites for hydroxylation is 2. The van der Waals surface area contributed by atoms with E-state index >= 15 is 0 Å². The zero-order valence-electron chi connectivity index (χ0n) is 18.3. The SMILES string of the molecule is Cc1ccc(-c2ccnn(C)c2=O)cc1NC(=O)C1=CN(C)C(=O)N[C@H]1c1ccc(F)cc1. The summed E-state index contributed by atoms with van der Waals surface area (Å²) in [4.78, 5) is 39.2. The summed E-state index contributed by atoms with van der Waals surface area (Å²) in [5.41, 5.74) is 3.01. The Kier molecular flexibility index (Phi) is 5.78. The zero-order valence-corrected chi connectivity index (χ0v) is 18.3. The van der Waals surface area contributed by atoms with Crippen molar-refractivity contribution in [3.05, 3.63) is 93.8 Å². The molecule has 0 fully saturated rings. The number of carbonyl (C=O) groups is 2. The molecule has 0 unspecified atom stereocenters. The third-order valence-corrected chi connectivity index (χ3v) is 5.50. The number of rotatable bonds is 4. The van der Waals surface area contributed by atoms with Crippen LogP contribution in [0.15, 0.2) is 71.3 Å². The molecule has 0 spiro atoms. The molecule has 0 radical (unpaired) electrons. The number of hydrogen-bond acceptors (Lipinski definition) is 4. The van der Waals surface area contributed by atoms with E-state index in [0.717, 1.165) is 5.56 Å². The fourth-order valence-corrected chi connectivity index (χ4v) is 3.60. The van der Waals surface area contributed by atoms with E-state index in [-0.39, 0.29) is 17.2 Å². The van der Waals surface area contributed by atoms with Crippen molar-refractivity contribution < 1.29 is 14.0 Å². The van der Waals surface area contributed by atoms with E-state index in [2.05, 4.69) is 15.7 Å². The number of nitrogens with zero attached hydrogens (tertiary/aromatic N) is 3. The molecular formula is C24H22FN5O3. The van der Waals surface area contributed by atoms with Crippen molar-refractivity contribution >= 4 is 17.6 Å². The first-order valence-corrected chi connectivity index (χ1v) is 10.2. The maximum absolute atomic E-state index is 13.4. The summed E-state index contributed by atoms with van der Waals surface area (Å²) >= 11 is 0. The van der Waals surface area contributed by atoms with Gasteiger partial charge in [-0.1, -0.05) is 24.3 Å². The van der Waals surface area contributed by atoms with Gasteiger partial charge in [-0.3, -0.25) is 9.59 Å². The van der Waals surface area contributed by atoms with Gasteiger partial charge in [0.05, 0.1) is 17.2 Å². The lowest BCUT2D eigenvalue weighted by Crippen LogP contribution is -2.44. The summed E-state index contributed by atoms with van der Waals surface area (Å²) < 4.78 is 14.6. The quantitative estimate of drug-likeness (QED) is 0.642. The van der Waals surface area contributed by atoms with E-state index in [1.54, 1.807) is 25.2 Å². The first kappa shape index (κ1) is 21.9. The van der Waals surface area contributed by atoms with E-state index < -0.39 is 17.8 Å². The lowest BCUT2D eigenvalue weighted by Gasteiger charge is -2.30. The van der Waals surface area contributed by atoms with Crippen molar-refractivity contribution in [2.75, 3.05) is 12.4 Å². The van der Waals surface area contributed by atoms with E-state index in [0.29, 0.717) is 22.4 Å². The molecule has 1 atom stereocenters. The fourth-order valence-electron chi connectivity index (χ4n) is 3.60. The Balaban J connectivity index is 1.68. The molecule has 0 aliphatic carbocycles. The average Bonchev–Trinajstić information content (AvgIpc) is 2.79. The summed E-state index contributed by atoms with van der Waals surface area (Å²) in [7, 11) is 3.10. The normalized spacial score (nSPS) is 15.6. The molecule has 2 aromatic carbocycles. The molecule has 2 N–H and O–H groups in total. The summed E-state index contributed by atoms with van der Waals surface area (Å²) in [6, 6.07) is 11.4. The molecule has 0 bridgehead atoms. The molecule has 33 heavy (non-hydrogen) atoms. The van der Waals surface area contributed by atoms with Crippen LogP contribution in [0.1, 0.15) is 17.2 Å². The topological polar surface area (TPSA) is 96.3 Å². The molecule has 8 nitrogen and oxygen atoms in total. The Morgan fingerprint density at radius 2 is 1.82 bits per heavy atom. The Morgan fingerprint density at radius 1 is 1.09 bits per heavy atom. The third kappa shape index (κ3) is 4.38. The predicted molar refractivity (Wildman–Crippen MR) is 122 cm³/mol. The van der Waals surface area contributed by atoms with Gasteiger partial charge in [-0.05, 0) is 47.9 Å². The van der Waals surface area contributed by atoms with Crippen LogP contribution in [-0.2, 0) is 11.8 Å². The van der Waals surface area contributed by atoms with Gasteiger partial charge < -0.3 is 15.5 Å². The zero-order chi connectivity index (χ0) is 23.7. The number of benzene rings is 2. The number of anilines is 1. The van der Waals surface area contributed by atoms with Crippen LogP contribution in [0, 0.1) is 12.7 Å². The molecule has 0 saturated carbocycles. The highest BCUT2D eigenvalue weighted by Crippen LogP contribution is 2.29. The van der Waals surface area contributed by atoms with Crippen molar-refractivity contribution in [2.24, 2.45) is 7.05 Å². The van der Waals surface area contributed by atoms with E-state index in [1.165, 1.54) is 53.3 Å².